The van der Waals surface area contributed by atoms with Crippen LogP contribution in [0.1, 0.15) is 32.3 Å². The number of H-pyrrole nitrogens is 1. The number of hydrogen-bond donors (Lipinski definition) is 7. The van der Waals surface area contributed by atoms with Crippen LogP contribution in [-0.4, -0.2) is 76.2 Å². The highest BCUT2D eigenvalue weighted by Crippen LogP contribution is 2.19. The van der Waals surface area contributed by atoms with Gasteiger partial charge in [-0.2, -0.15) is 0 Å². The minimum Gasteiger partial charge on any atom is -0.480 e. The van der Waals surface area contributed by atoms with Gasteiger partial charge in [0, 0.05) is 23.5 Å². The van der Waals surface area contributed by atoms with Gasteiger partial charge in [-0.05, 0) is 36.9 Å². The van der Waals surface area contributed by atoms with E-state index in [-0.39, 0.29) is 24.3 Å². The van der Waals surface area contributed by atoms with E-state index in [1.807, 2.05) is 24.3 Å². The number of aliphatic hydroxyl groups excluding tert-OH is 1. The van der Waals surface area contributed by atoms with Gasteiger partial charge < -0.3 is 36.5 Å². The summed E-state index contributed by atoms with van der Waals surface area (Å²) in [6.07, 6.45) is 3.36. The van der Waals surface area contributed by atoms with Crippen molar-refractivity contribution in [3.63, 3.8) is 0 Å². The number of carbonyl (C=O) groups is 4. The van der Waals surface area contributed by atoms with Crippen LogP contribution in [0.25, 0.3) is 10.9 Å². The van der Waals surface area contributed by atoms with E-state index in [1.54, 1.807) is 20.0 Å². The summed E-state index contributed by atoms with van der Waals surface area (Å²) in [5.74, 6) is -3.24. The van der Waals surface area contributed by atoms with E-state index in [4.69, 9.17) is 0 Å². The highest BCUT2D eigenvalue weighted by molar-refractivity contribution is 5.95. The molecule has 4 unspecified atom stereocenters. The fraction of sp³-hybridized carbons (Fsp3) is 0.500. The molecule has 4 atom stereocenters. The summed E-state index contributed by atoms with van der Waals surface area (Å²) >= 11 is 0. The predicted octanol–water partition coefficient (Wildman–Crippen LogP) is -0.350. The van der Waals surface area contributed by atoms with Gasteiger partial charge in [-0.3, -0.25) is 14.4 Å². The molecule has 1 aromatic heterocycles. The molecule has 0 saturated carbocycles. The zero-order valence-electron chi connectivity index (χ0n) is 19.8. The number of carboxylic acid groups (broad SMARTS) is 1. The second-order valence-corrected chi connectivity index (χ2v) is 9.09. The number of hydrogen-bond acceptors (Lipinski definition) is 6. The molecule has 2 aromatic rings. The molecule has 11 heteroatoms. The SMILES string of the molecule is CC(C)C(NC(=O)C1CCCN1)C(=O)NC(Cc1c[nH]c2ccccc12)C(=O)NC(CO)C(=O)O. The van der Waals surface area contributed by atoms with Crippen molar-refractivity contribution < 1.29 is 29.4 Å². The first-order valence-electron chi connectivity index (χ1n) is 11.7. The third-order valence-electron chi connectivity index (χ3n) is 6.15. The Hall–Kier alpha value is -3.44. The Kier molecular flexibility index (Phi) is 8.83. The number of para-hydroxylation sites is 1. The third kappa shape index (κ3) is 6.58. The number of nitrogens with one attached hydrogen (secondary N) is 5. The quantitative estimate of drug-likeness (QED) is 0.227. The van der Waals surface area contributed by atoms with Gasteiger partial charge in [-0.1, -0.05) is 32.0 Å². The molecule has 0 radical (unpaired) electrons. The Balaban J connectivity index is 1.80. The average Bonchev–Trinajstić information content (AvgIpc) is 3.50. The van der Waals surface area contributed by atoms with Crippen molar-refractivity contribution in [2.24, 2.45) is 5.92 Å². The van der Waals surface area contributed by atoms with Crippen LogP contribution in [0.15, 0.2) is 30.5 Å². The fourth-order valence-corrected chi connectivity index (χ4v) is 4.15. The molecule has 35 heavy (non-hydrogen) atoms. The zero-order chi connectivity index (χ0) is 25.5. The molecule has 11 nitrogen and oxygen atoms in total. The number of aromatic nitrogens is 1. The van der Waals surface area contributed by atoms with Crippen molar-refractivity contribution >= 4 is 34.6 Å². The lowest BCUT2D eigenvalue weighted by atomic mass is 10.00. The Morgan fingerprint density at radius 1 is 1.06 bits per heavy atom. The molecule has 3 amide bonds. The molecule has 0 spiro atoms. The van der Waals surface area contributed by atoms with Crippen molar-refractivity contribution in [1.29, 1.82) is 0 Å². The highest BCUT2D eigenvalue weighted by atomic mass is 16.4. The van der Waals surface area contributed by atoms with Gasteiger partial charge in [0.05, 0.1) is 12.6 Å². The second kappa shape index (κ2) is 11.8. The number of carboxylic acids is 1. The first-order valence-corrected chi connectivity index (χ1v) is 11.7. The Morgan fingerprint density at radius 3 is 2.40 bits per heavy atom. The monoisotopic (exact) mass is 487 g/mol. The van der Waals surface area contributed by atoms with Crippen LogP contribution < -0.4 is 21.3 Å². The molecule has 3 rings (SSSR count). The van der Waals surface area contributed by atoms with E-state index in [2.05, 4.69) is 26.3 Å². The predicted molar refractivity (Wildman–Crippen MR) is 128 cm³/mol. The molecule has 2 heterocycles. The van der Waals surface area contributed by atoms with Crippen molar-refractivity contribution in [2.75, 3.05) is 13.2 Å². The molecular weight excluding hydrogens is 454 g/mol. The molecule has 1 aliphatic rings. The van der Waals surface area contributed by atoms with Gasteiger partial charge in [0.15, 0.2) is 0 Å². The number of aliphatic hydroxyl groups is 1. The molecule has 7 N–H and O–H groups in total. The van der Waals surface area contributed by atoms with Crippen LogP contribution in [0.2, 0.25) is 0 Å². The maximum absolute atomic E-state index is 13.2. The number of benzene rings is 1. The standard InChI is InChI=1S/C24H33N5O6/c1-13(2)20(29-21(31)17-8-5-9-25-17)23(33)27-18(22(32)28-19(12-30)24(34)35)10-14-11-26-16-7-4-3-6-15(14)16/h3-4,6-7,11,13,17-20,25-26,30H,5,8-10,12H2,1-2H3,(H,27,33)(H,28,32)(H,29,31)(H,34,35). The van der Waals surface area contributed by atoms with Crippen LogP contribution in [0, 0.1) is 5.92 Å². The number of amides is 3. The second-order valence-electron chi connectivity index (χ2n) is 9.09. The van der Waals surface area contributed by atoms with Crippen LogP contribution >= 0.6 is 0 Å². The van der Waals surface area contributed by atoms with Crippen molar-refractivity contribution in [3.8, 4) is 0 Å². The lowest BCUT2D eigenvalue weighted by Gasteiger charge is -2.27. The van der Waals surface area contributed by atoms with Crippen LogP contribution in [0.5, 0.6) is 0 Å². The topological polar surface area (TPSA) is 173 Å². The minimum absolute atomic E-state index is 0.0717. The maximum Gasteiger partial charge on any atom is 0.328 e. The molecule has 1 aromatic carbocycles. The summed E-state index contributed by atoms with van der Waals surface area (Å²) in [6, 6.07) is 3.55. The van der Waals surface area contributed by atoms with E-state index >= 15 is 0 Å². The largest absolute Gasteiger partial charge is 0.480 e. The Morgan fingerprint density at radius 2 is 1.77 bits per heavy atom. The first-order chi connectivity index (χ1) is 16.7. The molecule has 1 aliphatic heterocycles. The van der Waals surface area contributed by atoms with Gasteiger partial charge in [0.2, 0.25) is 17.7 Å². The molecular formula is C24H33N5O6. The fourth-order valence-electron chi connectivity index (χ4n) is 4.15. The zero-order valence-corrected chi connectivity index (χ0v) is 19.8. The van der Waals surface area contributed by atoms with Gasteiger partial charge in [0.25, 0.3) is 0 Å². The van der Waals surface area contributed by atoms with E-state index < -0.39 is 42.5 Å². The number of fused-ring (bicyclic) bond motifs is 1. The van der Waals surface area contributed by atoms with Crippen LogP contribution in [0.4, 0.5) is 0 Å². The van der Waals surface area contributed by atoms with Crippen molar-refractivity contribution in [1.82, 2.24) is 26.3 Å². The van der Waals surface area contributed by atoms with Crippen molar-refractivity contribution in [3.05, 3.63) is 36.0 Å². The molecule has 1 saturated heterocycles. The first kappa shape index (κ1) is 26.2. The summed E-state index contributed by atoms with van der Waals surface area (Å²) < 4.78 is 0. The lowest BCUT2D eigenvalue weighted by molar-refractivity contribution is -0.143. The summed E-state index contributed by atoms with van der Waals surface area (Å²) in [6.45, 7) is 3.51. The third-order valence-corrected chi connectivity index (χ3v) is 6.15. The van der Waals surface area contributed by atoms with Gasteiger partial charge in [-0.15, -0.1) is 0 Å². The maximum atomic E-state index is 13.2. The summed E-state index contributed by atoms with van der Waals surface area (Å²) in [4.78, 5) is 53.3. The normalized spacial score (nSPS) is 18.1. The number of rotatable bonds is 11. The van der Waals surface area contributed by atoms with E-state index in [9.17, 15) is 29.4 Å². The molecule has 0 aliphatic carbocycles. The smallest absolute Gasteiger partial charge is 0.328 e. The summed E-state index contributed by atoms with van der Waals surface area (Å²) in [5.41, 5.74) is 1.60. The van der Waals surface area contributed by atoms with Crippen molar-refractivity contribution in [2.45, 2.75) is 57.3 Å². The van der Waals surface area contributed by atoms with Gasteiger partial charge >= 0.3 is 5.97 Å². The number of aromatic amines is 1. The van der Waals surface area contributed by atoms with E-state index in [1.165, 1.54) is 0 Å². The van der Waals surface area contributed by atoms with Crippen LogP contribution in [0.3, 0.4) is 0 Å². The molecule has 1 fully saturated rings. The molecule has 190 valence electrons. The summed E-state index contributed by atoms with van der Waals surface area (Å²) in [5, 5.41) is 30.3. The van der Waals surface area contributed by atoms with Gasteiger partial charge in [0.1, 0.15) is 18.1 Å². The van der Waals surface area contributed by atoms with E-state index in [0.29, 0.717) is 6.42 Å². The average molecular weight is 488 g/mol. The Bertz CT molecular complexity index is 1060. The Labute approximate surface area is 203 Å². The minimum atomic E-state index is -1.51. The van der Waals surface area contributed by atoms with Crippen LogP contribution in [-0.2, 0) is 25.6 Å². The van der Waals surface area contributed by atoms with Gasteiger partial charge in [-0.25, -0.2) is 4.79 Å². The number of aliphatic carboxylic acids is 1. The molecule has 0 bridgehead atoms. The summed E-state index contributed by atoms with van der Waals surface area (Å²) in [7, 11) is 0. The highest BCUT2D eigenvalue weighted by Gasteiger charge is 2.33. The van der Waals surface area contributed by atoms with E-state index in [0.717, 1.165) is 29.4 Å². The lowest BCUT2D eigenvalue weighted by Crippen LogP contribution is -2.59. The number of carbonyl (C=O) groups excluding carboxylic acids is 3.